The van der Waals surface area contributed by atoms with Gasteiger partial charge in [0.05, 0.1) is 29.1 Å². The number of hydrogen-bond acceptors (Lipinski definition) is 6. The highest BCUT2D eigenvalue weighted by Gasteiger charge is 2.30. The lowest BCUT2D eigenvalue weighted by molar-refractivity contribution is -0.137. The third kappa shape index (κ3) is 4.14. The van der Waals surface area contributed by atoms with Crippen molar-refractivity contribution in [3.63, 3.8) is 0 Å². The molecule has 1 aliphatic heterocycles. The molecule has 0 spiro atoms. The molecule has 2 aromatic heterocycles. The van der Waals surface area contributed by atoms with E-state index in [4.69, 9.17) is 9.26 Å². The van der Waals surface area contributed by atoms with Crippen molar-refractivity contribution in [3.8, 4) is 11.4 Å². The second kappa shape index (κ2) is 8.56. The van der Waals surface area contributed by atoms with Crippen molar-refractivity contribution >= 4 is 10.9 Å². The van der Waals surface area contributed by atoms with Gasteiger partial charge in [0.2, 0.25) is 11.7 Å². The van der Waals surface area contributed by atoms with Gasteiger partial charge in [-0.3, -0.25) is 13.9 Å². The molecule has 1 aliphatic rings. The molecule has 0 radical (unpaired) electrons. The molecular formula is C23H19F3N4O4. The van der Waals surface area contributed by atoms with Crippen LogP contribution in [0.4, 0.5) is 13.2 Å². The van der Waals surface area contributed by atoms with Crippen LogP contribution >= 0.6 is 0 Å². The molecule has 0 unspecified atom stereocenters. The summed E-state index contributed by atoms with van der Waals surface area (Å²) < 4.78 is 51.8. The van der Waals surface area contributed by atoms with Gasteiger partial charge in [-0.2, -0.15) is 18.2 Å². The van der Waals surface area contributed by atoms with Crippen LogP contribution in [0.2, 0.25) is 0 Å². The maximum Gasteiger partial charge on any atom is 0.416 e. The first kappa shape index (κ1) is 22.1. The van der Waals surface area contributed by atoms with Crippen molar-refractivity contribution < 1.29 is 22.4 Å². The molecule has 0 amide bonds. The first-order valence-electron chi connectivity index (χ1n) is 10.7. The Morgan fingerprint density at radius 2 is 1.79 bits per heavy atom. The number of rotatable bonds is 5. The number of halogens is 3. The fraction of sp³-hybridized carbons (Fsp3) is 0.304. The first-order valence-corrected chi connectivity index (χ1v) is 10.7. The van der Waals surface area contributed by atoms with E-state index in [-0.39, 0.29) is 30.9 Å². The fourth-order valence-electron chi connectivity index (χ4n) is 4.06. The van der Waals surface area contributed by atoms with E-state index in [2.05, 4.69) is 10.1 Å². The molecule has 3 heterocycles. The lowest BCUT2D eigenvalue weighted by Crippen LogP contribution is -2.42. The Morgan fingerprint density at radius 3 is 2.50 bits per heavy atom. The largest absolute Gasteiger partial charge is 0.416 e. The number of nitrogens with zero attached hydrogens (tertiary/aromatic N) is 4. The summed E-state index contributed by atoms with van der Waals surface area (Å²) in [7, 11) is 0. The second-order valence-electron chi connectivity index (χ2n) is 8.02. The van der Waals surface area contributed by atoms with Gasteiger partial charge in [-0.25, -0.2) is 4.79 Å². The van der Waals surface area contributed by atoms with Crippen LogP contribution in [0.1, 0.15) is 24.3 Å². The Bertz CT molecular complexity index is 1450. The van der Waals surface area contributed by atoms with Gasteiger partial charge >= 0.3 is 11.9 Å². The summed E-state index contributed by atoms with van der Waals surface area (Å²) in [6, 6.07) is 11.1. The number of para-hydroxylation sites is 1. The van der Waals surface area contributed by atoms with Gasteiger partial charge in [0, 0.05) is 12.2 Å². The van der Waals surface area contributed by atoms with Crippen LogP contribution in [0.15, 0.2) is 62.6 Å². The Morgan fingerprint density at radius 1 is 1.03 bits per heavy atom. The normalized spacial score (nSPS) is 16.4. The van der Waals surface area contributed by atoms with Crippen LogP contribution in [-0.2, 0) is 24.0 Å². The molecule has 5 rings (SSSR count). The predicted octanol–water partition coefficient (Wildman–Crippen LogP) is 3.46. The first-order chi connectivity index (χ1) is 16.3. The van der Waals surface area contributed by atoms with Gasteiger partial charge in [0.1, 0.15) is 6.54 Å². The summed E-state index contributed by atoms with van der Waals surface area (Å²) in [5.41, 5.74) is -0.970. The summed E-state index contributed by atoms with van der Waals surface area (Å²) in [5, 5.41) is 4.20. The fourth-order valence-corrected chi connectivity index (χ4v) is 4.06. The van der Waals surface area contributed by atoms with Crippen molar-refractivity contribution in [3.05, 3.63) is 80.8 Å². The van der Waals surface area contributed by atoms with Gasteiger partial charge in [-0.05, 0) is 37.1 Å². The SMILES string of the molecule is O=c1c2ccccc2n(Cc2nc(-c3ccc(C(F)(F)F)cc3)no2)c(=O)n1C[C@H]1CCCO1. The molecule has 176 valence electrons. The Hall–Kier alpha value is -3.73. The standard InChI is InChI=1S/C23H19F3N4O4/c24-23(25,26)15-9-7-14(8-10-15)20-27-19(34-28-20)13-29-18-6-2-1-5-17(18)21(31)30(22(29)32)12-16-4-3-11-33-16/h1-2,5-10,16H,3-4,11-13H2/t16-/m1/s1. The molecule has 0 bridgehead atoms. The van der Waals surface area contributed by atoms with Crippen LogP contribution < -0.4 is 11.2 Å². The average molecular weight is 472 g/mol. The maximum atomic E-state index is 13.3. The molecule has 0 N–H and O–H groups in total. The van der Waals surface area contributed by atoms with Gasteiger partial charge in [0.25, 0.3) is 5.56 Å². The molecule has 1 saturated heterocycles. The molecule has 8 nitrogen and oxygen atoms in total. The second-order valence-corrected chi connectivity index (χ2v) is 8.02. The number of ether oxygens (including phenoxy) is 1. The lowest BCUT2D eigenvalue weighted by Gasteiger charge is -2.15. The lowest BCUT2D eigenvalue weighted by atomic mass is 10.1. The van der Waals surface area contributed by atoms with Crippen LogP contribution in [0.5, 0.6) is 0 Å². The van der Waals surface area contributed by atoms with Crippen LogP contribution in [0.3, 0.4) is 0 Å². The molecule has 0 aliphatic carbocycles. The number of fused-ring (bicyclic) bond motifs is 1. The number of aromatic nitrogens is 4. The highest BCUT2D eigenvalue weighted by atomic mass is 19.4. The Labute approximate surface area is 190 Å². The summed E-state index contributed by atoms with van der Waals surface area (Å²) in [6.07, 6.45) is -3.03. The maximum absolute atomic E-state index is 13.3. The molecule has 11 heteroatoms. The van der Waals surface area contributed by atoms with Crippen LogP contribution in [0, 0.1) is 0 Å². The summed E-state index contributed by atoms with van der Waals surface area (Å²) in [6.45, 7) is 0.623. The summed E-state index contributed by atoms with van der Waals surface area (Å²) in [5.74, 6) is 0.165. The third-order valence-electron chi connectivity index (χ3n) is 5.77. The van der Waals surface area contributed by atoms with E-state index in [0.717, 1.165) is 29.5 Å². The van der Waals surface area contributed by atoms with E-state index < -0.39 is 23.0 Å². The Balaban J connectivity index is 1.50. The quantitative estimate of drug-likeness (QED) is 0.442. The molecule has 1 atom stereocenters. The number of hydrogen-bond donors (Lipinski definition) is 0. The van der Waals surface area contributed by atoms with Crippen LogP contribution in [0.25, 0.3) is 22.3 Å². The van der Waals surface area contributed by atoms with Crippen molar-refractivity contribution in [2.75, 3.05) is 6.61 Å². The summed E-state index contributed by atoms with van der Waals surface area (Å²) >= 11 is 0. The van der Waals surface area contributed by atoms with Crippen molar-refractivity contribution in [1.82, 2.24) is 19.3 Å². The zero-order valence-electron chi connectivity index (χ0n) is 17.8. The van der Waals surface area contributed by atoms with Crippen molar-refractivity contribution in [1.29, 1.82) is 0 Å². The minimum absolute atomic E-state index is 0.0736. The van der Waals surface area contributed by atoms with E-state index >= 15 is 0 Å². The van der Waals surface area contributed by atoms with Crippen molar-refractivity contribution in [2.24, 2.45) is 0 Å². The molecule has 1 fully saturated rings. The minimum atomic E-state index is -4.45. The van der Waals surface area contributed by atoms with Gasteiger partial charge < -0.3 is 9.26 Å². The number of benzene rings is 2. The molecule has 4 aromatic rings. The van der Waals surface area contributed by atoms with Gasteiger partial charge in [-0.15, -0.1) is 0 Å². The zero-order chi connectivity index (χ0) is 23.9. The molecule has 0 saturated carbocycles. The zero-order valence-corrected chi connectivity index (χ0v) is 17.8. The van der Waals surface area contributed by atoms with E-state index in [1.807, 2.05) is 0 Å². The highest BCUT2D eigenvalue weighted by Crippen LogP contribution is 2.30. The highest BCUT2D eigenvalue weighted by molar-refractivity contribution is 5.77. The minimum Gasteiger partial charge on any atom is -0.376 e. The molecular weight excluding hydrogens is 453 g/mol. The summed E-state index contributed by atoms with van der Waals surface area (Å²) in [4.78, 5) is 30.5. The number of alkyl halides is 3. The topological polar surface area (TPSA) is 92.2 Å². The monoisotopic (exact) mass is 472 g/mol. The van der Waals surface area contributed by atoms with E-state index in [9.17, 15) is 22.8 Å². The average Bonchev–Trinajstić information content (AvgIpc) is 3.51. The molecule has 34 heavy (non-hydrogen) atoms. The predicted molar refractivity (Wildman–Crippen MR) is 115 cm³/mol. The van der Waals surface area contributed by atoms with Gasteiger partial charge in [-0.1, -0.05) is 29.4 Å². The van der Waals surface area contributed by atoms with Gasteiger partial charge in [0.15, 0.2) is 0 Å². The third-order valence-corrected chi connectivity index (χ3v) is 5.77. The van der Waals surface area contributed by atoms with Crippen LogP contribution in [-0.4, -0.2) is 32.0 Å². The van der Waals surface area contributed by atoms with E-state index in [0.29, 0.717) is 23.1 Å². The van der Waals surface area contributed by atoms with Crippen molar-refractivity contribution in [2.45, 2.75) is 38.2 Å². The van der Waals surface area contributed by atoms with E-state index in [1.165, 1.54) is 16.7 Å². The smallest absolute Gasteiger partial charge is 0.376 e. The molecule has 2 aromatic carbocycles. The van der Waals surface area contributed by atoms with E-state index in [1.54, 1.807) is 24.3 Å². The Kier molecular flexibility index (Phi) is 5.56.